The average Bonchev–Trinajstić information content (AvgIpc) is 2.43. The third-order valence-corrected chi connectivity index (χ3v) is 1.26. The number of nitrogens with one attached hydrogen (secondary N) is 1. The summed E-state index contributed by atoms with van der Waals surface area (Å²) in [5.41, 5.74) is 0. The van der Waals surface area contributed by atoms with E-state index >= 15 is 0 Å². The Labute approximate surface area is 56.6 Å². The van der Waals surface area contributed by atoms with Gasteiger partial charge in [-0.1, -0.05) is 13.8 Å². The van der Waals surface area contributed by atoms with Crippen LogP contribution in [0.4, 0.5) is 0 Å². The minimum absolute atomic E-state index is 0.167. The van der Waals surface area contributed by atoms with Gasteiger partial charge in [-0.25, -0.2) is 0 Å². The number of aldehydes is 1. The van der Waals surface area contributed by atoms with Crippen LogP contribution in [-0.2, 0) is 4.79 Å². The van der Waals surface area contributed by atoms with Crippen LogP contribution < -0.4 is 5.32 Å². The van der Waals surface area contributed by atoms with E-state index in [0.717, 1.165) is 25.7 Å². The van der Waals surface area contributed by atoms with Crippen molar-refractivity contribution in [3.05, 3.63) is 0 Å². The zero-order chi connectivity index (χ0) is 7.11. The molecule has 54 valence electrons. The van der Waals surface area contributed by atoms with E-state index in [0.29, 0.717) is 0 Å². The van der Waals surface area contributed by atoms with Crippen molar-refractivity contribution in [3.8, 4) is 0 Å². The van der Waals surface area contributed by atoms with Crippen molar-refractivity contribution in [2.45, 2.75) is 32.7 Å². The predicted molar refractivity (Wildman–Crippen MR) is 38.4 cm³/mol. The Morgan fingerprint density at radius 2 is 2.22 bits per heavy atom. The highest BCUT2D eigenvalue weighted by atomic mass is 16.1. The first kappa shape index (κ1) is 8.63. The van der Waals surface area contributed by atoms with Crippen LogP contribution in [0.15, 0.2) is 0 Å². The molecule has 0 unspecified atom stereocenters. The highest BCUT2D eigenvalue weighted by molar-refractivity contribution is 5.57. The number of carbonyl (C=O) groups excluding carboxylic acids is 1. The van der Waals surface area contributed by atoms with E-state index in [-0.39, 0.29) is 6.04 Å². The van der Waals surface area contributed by atoms with Gasteiger partial charge in [-0.15, -0.1) is 0 Å². The van der Waals surface area contributed by atoms with Crippen molar-refractivity contribution in [1.82, 2.24) is 5.32 Å². The molecule has 0 bridgehead atoms. The molecule has 1 saturated heterocycles. The first-order valence-corrected chi connectivity index (χ1v) is 3.62. The van der Waals surface area contributed by atoms with Gasteiger partial charge >= 0.3 is 0 Å². The predicted octanol–water partition coefficient (Wildman–Crippen LogP) is 0.964. The summed E-state index contributed by atoms with van der Waals surface area (Å²) in [5.74, 6) is 0. The second-order valence-electron chi connectivity index (χ2n) is 1.84. The van der Waals surface area contributed by atoms with Gasteiger partial charge in [0.25, 0.3) is 0 Å². The highest BCUT2D eigenvalue weighted by Crippen LogP contribution is 2.00. The van der Waals surface area contributed by atoms with E-state index in [1.165, 1.54) is 0 Å². The Kier molecular flexibility index (Phi) is 5.52. The van der Waals surface area contributed by atoms with E-state index in [1.807, 2.05) is 13.8 Å². The Morgan fingerprint density at radius 1 is 1.56 bits per heavy atom. The van der Waals surface area contributed by atoms with Gasteiger partial charge < -0.3 is 10.1 Å². The van der Waals surface area contributed by atoms with Crippen LogP contribution in [-0.4, -0.2) is 18.9 Å². The van der Waals surface area contributed by atoms with E-state index in [9.17, 15) is 4.79 Å². The Morgan fingerprint density at radius 3 is 2.44 bits per heavy atom. The molecule has 0 aromatic heterocycles. The smallest absolute Gasteiger partial charge is 0.136 e. The Hall–Kier alpha value is -0.370. The topological polar surface area (TPSA) is 29.1 Å². The van der Waals surface area contributed by atoms with Gasteiger partial charge in [0.15, 0.2) is 0 Å². The van der Waals surface area contributed by atoms with Crippen LogP contribution in [0.25, 0.3) is 0 Å². The minimum Gasteiger partial charge on any atom is -0.308 e. The number of hydrogen-bond acceptors (Lipinski definition) is 2. The fourth-order valence-corrected chi connectivity index (χ4v) is 0.828. The standard InChI is InChI=1S/C5H9NO.C2H6/c7-4-5-2-1-3-6-5;1-2/h4-6H,1-3H2;1-2H3/t5-;/m1./s1. The molecular weight excluding hydrogens is 114 g/mol. The maximum absolute atomic E-state index is 9.94. The van der Waals surface area contributed by atoms with E-state index in [2.05, 4.69) is 5.32 Å². The molecule has 0 aliphatic carbocycles. The van der Waals surface area contributed by atoms with Gasteiger partial charge in [0.1, 0.15) is 6.29 Å². The molecule has 1 fully saturated rings. The second kappa shape index (κ2) is 5.76. The molecule has 1 N–H and O–H groups in total. The third kappa shape index (κ3) is 3.25. The lowest BCUT2D eigenvalue weighted by molar-refractivity contribution is -0.109. The molecular formula is C7H15NO. The zero-order valence-electron chi connectivity index (χ0n) is 6.18. The Balaban J connectivity index is 0.000000291. The molecule has 1 aliphatic rings. The number of carbonyl (C=O) groups is 1. The molecule has 0 amide bonds. The van der Waals surface area contributed by atoms with E-state index < -0.39 is 0 Å². The van der Waals surface area contributed by atoms with Gasteiger partial charge in [0, 0.05) is 0 Å². The summed E-state index contributed by atoms with van der Waals surface area (Å²) in [6.07, 6.45) is 3.17. The molecule has 0 aromatic rings. The van der Waals surface area contributed by atoms with Gasteiger partial charge in [0.05, 0.1) is 6.04 Å². The second-order valence-corrected chi connectivity index (χ2v) is 1.84. The lowest BCUT2D eigenvalue weighted by atomic mass is 10.2. The first-order valence-electron chi connectivity index (χ1n) is 3.62. The fourth-order valence-electron chi connectivity index (χ4n) is 0.828. The summed E-state index contributed by atoms with van der Waals surface area (Å²) >= 11 is 0. The molecule has 0 saturated carbocycles. The normalized spacial score (nSPS) is 24.4. The van der Waals surface area contributed by atoms with Gasteiger partial charge in [-0.3, -0.25) is 0 Å². The van der Waals surface area contributed by atoms with Crippen LogP contribution in [0.1, 0.15) is 26.7 Å². The summed E-state index contributed by atoms with van der Waals surface area (Å²) in [4.78, 5) is 9.94. The maximum Gasteiger partial charge on any atom is 0.136 e. The lowest BCUT2D eigenvalue weighted by Crippen LogP contribution is -2.21. The van der Waals surface area contributed by atoms with Crippen molar-refractivity contribution in [3.63, 3.8) is 0 Å². The minimum atomic E-state index is 0.167. The van der Waals surface area contributed by atoms with Crippen LogP contribution >= 0.6 is 0 Å². The number of hydrogen-bond donors (Lipinski definition) is 1. The first-order chi connectivity index (χ1) is 4.43. The molecule has 9 heavy (non-hydrogen) atoms. The summed E-state index contributed by atoms with van der Waals surface area (Å²) in [7, 11) is 0. The molecule has 2 heteroatoms. The van der Waals surface area contributed by atoms with Crippen molar-refractivity contribution >= 4 is 6.29 Å². The average molecular weight is 129 g/mol. The number of rotatable bonds is 1. The van der Waals surface area contributed by atoms with E-state index in [1.54, 1.807) is 0 Å². The summed E-state index contributed by atoms with van der Waals surface area (Å²) in [6.45, 7) is 5.02. The molecule has 0 aromatic carbocycles. The summed E-state index contributed by atoms with van der Waals surface area (Å²) in [6, 6.07) is 0.167. The van der Waals surface area contributed by atoms with Crippen LogP contribution in [0.3, 0.4) is 0 Å². The molecule has 1 aliphatic heterocycles. The van der Waals surface area contributed by atoms with Gasteiger partial charge in [0.2, 0.25) is 0 Å². The third-order valence-electron chi connectivity index (χ3n) is 1.26. The van der Waals surface area contributed by atoms with Crippen molar-refractivity contribution < 1.29 is 4.79 Å². The molecule has 1 rings (SSSR count). The molecule has 1 heterocycles. The monoisotopic (exact) mass is 129 g/mol. The SMILES string of the molecule is CC.O=C[C@H]1CCCN1. The van der Waals surface area contributed by atoms with Crippen molar-refractivity contribution in [1.29, 1.82) is 0 Å². The zero-order valence-corrected chi connectivity index (χ0v) is 6.18. The molecule has 1 atom stereocenters. The largest absolute Gasteiger partial charge is 0.308 e. The van der Waals surface area contributed by atoms with E-state index in [4.69, 9.17) is 0 Å². The highest BCUT2D eigenvalue weighted by Gasteiger charge is 2.10. The molecule has 0 spiro atoms. The Bertz CT molecular complexity index is 67.3. The quantitative estimate of drug-likeness (QED) is 0.534. The van der Waals surface area contributed by atoms with Crippen LogP contribution in [0.5, 0.6) is 0 Å². The van der Waals surface area contributed by atoms with Crippen molar-refractivity contribution in [2.24, 2.45) is 0 Å². The van der Waals surface area contributed by atoms with Crippen LogP contribution in [0, 0.1) is 0 Å². The maximum atomic E-state index is 9.94. The molecule has 2 nitrogen and oxygen atoms in total. The fraction of sp³-hybridized carbons (Fsp3) is 0.857. The van der Waals surface area contributed by atoms with Gasteiger partial charge in [-0.05, 0) is 19.4 Å². The molecule has 0 radical (unpaired) electrons. The van der Waals surface area contributed by atoms with Gasteiger partial charge in [-0.2, -0.15) is 0 Å². The summed E-state index contributed by atoms with van der Waals surface area (Å²) < 4.78 is 0. The van der Waals surface area contributed by atoms with Crippen molar-refractivity contribution in [2.75, 3.05) is 6.54 Å². The lowest BCUT2D eigenvalue weighted by Gasteiger charge is -1.93. The van der Waals surface area contributed by atoms with Crippen LogP contribution in [0.2, 0.25) is 0 Å². The summed E-state index contributed by atoms with van der Waals surface area (Å²) in [5, 5.41) is 3.04.